The van der Waals surface area contributed by atoms with E-state index < -0.39 is 0 Å². The summed E-state index contributed by atoms with van der Waals surface area (Å²) < 4.78 is 0. The molecule has 0 aliphatic rings. The summed E-state index contributed by atoms with van der Waals surface area (Å²) in [5.41, 5.74) is 8.15. The molecule has 0 saturated carbocycles. The molecule has 0 bridgehead atoms. The number of aryl methyl sites for hydroxylation is 1. The van der Waals surface area contributed by atoms with Gasteiger partial charge in [-0.25, -0.2) is 4.98 Å². The fourth-order valence-corrected chi connectivity index (χ4v) is 1.42. The van der Waals surface area contributed by atoms with Crippen molar-refractivity contribution in [3.05, 3.63) is 23.4 Å². The summed E-state index contributed by atoms with van der Waals surface area (Å²) in [5, 5.41) is 0. The van der Waals surface area contributed by atoms with Gasteiger partial charge in [0.1, 0.15) is 5.82 Å². The van der Waals surface area contributed by atoms with Crippen molar-refractivity contribution >= 4 is 5.82 Å². The Morgan fingerprint density at radius 1 is 1.43 bits per heavy atom. The van der Waals surface area contributed by atoms with E-state index in [1.54, 1.807) is 0 Å². The van der Waals surface area contributed by atoms with Crippen molar-refractivity contribution in [2.24, 2.45) is 5.73 Å². The van der Waals surface area contributed by atoms with Gasteiger partial charge in [0.15, 0.2) is 0 Å². The van der Waals surface area contributed by atoms with Gasteiger partial charge in [0.25, 0.3) is 0 Å². The van der Waals surface area contributed by atoms with Crippen LogP contribution in [-0.4, -0.2) is 19.1 Å². The highest BCUT2D eigenvalue weighted by molar-refractivity contribution is 5.40. The Labute approximate surface area is 85.9 Å². The first-order valence-corrected chi connectivity index (χ1v) is 4.96. The molecule has 3 heteroatoms. The highest BCUT2D eigenvalue weighted by atomic mass is 15.1. The van der Waals surface area contributed by atoms with E-state index in [1.807, 2.05) is 32.0 Å². The number of hydrogen-bond acceptors (Lipinski definition) is 3. The minimum Gasteiger partial charge on any atom is -0.363 e. The number of nitrogens with zero attached hydrogens (tertiary/aromatic N) is 2. The molecule has 0 spiro atoms. The van der Waals surface area contributed by atoms with Crippen LogP contribution in [0.3, 0.4) is 0 Å². The van der Waals surface area contributed by atoms with Gasteiger partial charge in [0, 0.05) is 25.8 Å². The lowest BCUT2D eigenvalue weighted by atomic mass is 10.0. The van der Waals surface area contributed by atoms with Gasteiger partial charge < -0.3 is 10.6 Å². The van der Waals surface area contributed by atoms with Gasteiger partial charge in [-0.3, -0.25) is 0 Å². The number of hydrogen-bond donors (Lipinski definition) is 1. The van der Waals surface area contributed by atoms with Crippen molar-refractivity contribution in [3.8, 4) is 0 Å². The van der Waals surface area contributed by atoms with Gasteiger partial charge in [-0.05, 0) is 25.0 Å². The Morgan fingerprint density at radius 2 is 2.07 bits per heavy atom. The molecular weight excluding hydrogens is 174 g/mol. The molecule has 1 aromatic rings. The molecule has 0 aromatic carbocycles. The monoisotopic (exact) mass is 193 g/mol. The summed E-state index contributed by atoms with van der Waals surface area (Å²) >= 11 is 0. The second-order valence-corrected chi connectivity index (χ2v) is 3.75. The smallest absolute Gasteiger partial charge is 0.128 e. The van der Waals surface area contributed by atoms with Gasteiger partial charge in [-0.2, -0.15) is 0 Å². The Balaban J connectivity index is 3.01. The molecule has 0 unspecified atom stereocenters. The van der Waals surface area contributed by atoms with Crippen LogP contribution < -0.4 is 10.6 Å². The third-order valence-electron chi connectivity index (χ3n) is 2.41. The van der Waals surface area contributed by atoms with E-state index in [2.05, 4.69) is 18.0 Å². The maximum atomic E-state index is 5.97. The first-order valence-electron chi connectivity index (χ1n) is 4.96. The quantitative estimate of drug-likeness (QED) is 0.796. The first-order chi connectivity index (χ1) is 6.56. The molecular formula is C11H19N3. The maximum absolute atomic E-state index is 5.97. The summed E-state index contributed by atoms with van der Waals surface area (Å²) in [7, 11) is 3.97. The molecule has 14 heavy (non-hydrogen) atoms. The van der Waals surface area contributed by atoms with E-state index in [-0.39, 0.29) is 6.04 Å². The van der Waals surface area contributed by atoms with Gasteiger partial charge in [-0.15, -0.1) is 0 Å². The summed E-state index contributed by atoms with van der Waals surface area (Å²) in [5.74, 6) is 0.981. The molecule has 78 valence electrons. The van der Waals surface area contributed by atoms with Gasteiger partial charge in [0.05, 0.1) is 0 Å². The van der Waals surface area contributed by atoms with Crippen molar-refractivity contribution < 1.29 is 0 Å². The molecule has 0 aliphatic carbocycles. The lowest BCUT2D eigenvalue weighted by Gasteiger charge is -2.16. The maximum Gasteiger partial charge on any atom is 0.128 e. The van der Waals surface area contributed by atoms with Crippen LogP contribution in [0.5, 0.6) is 0 Å². The summed E-state index contributed by atoms with van der Waals surface area (Å²) in [4.78, 5) is 6.48. The number of pyridine rings is 1. The predicted molar refractivity (Wildman–Crippen MR) is 60.5 cm³/mol. The number of rotatable bonds is 3. The summed E-state index contributed by atoms with van der Waals surface area (Å²) in [6.45, 7) is 4.10. The Bertz CT molecular complexity index is 307. The second kappa shape index (κ2) is 4.42. The molecule has 1 heterocycles. The molecule has 0 radical (unpaired) electrons. The second-order valence-electron chi connectivity index (χ2n) is 3.75. The van der Waals surface area contributed by atoms with Crippen LogP contribution >= 0.6 is 0 Å². The lowest BCUT2D eigenvalue weighted by Crippen LogP contribution is -2.15. The van der Waals surface area contributed by atoms with E-state index >= 15 is 0 Å². The van der Waals surface area contributed by atoms with Gasteiger partial charge >= 0.3 is 0 Å². The summed E-state index contributed by atoms with van der Waals surface area (Å²) in [6.07, 6.45) is 0.948. The van der Waals surface area contributed by atoms with E-state index in [1.165, 1.54) is 0 Å². The zero-order valence-electron chi connectivity index (χ0n) is 9.41. The largest absolute Gasteiger partial charge is 0.363 e. The number of nitrogens with two attached hydrogens (primary N) is 1. The predicted octanol–water partition coefficient (Wildman–Crippen LogP) is 1.87. The minimum absolute atomic E-state index is 0.110. The van der Waals surface area contributed by atoms with Crippen molar-refractivity contribution in [1.82, 2.24) is 4.98 Å². The topological polar surface area (TPSA) is 42.1 Å². The first kappa shape index (κ1) is 11.0. The molecule has 1 aromatic heterocycles. The average molecular weight is 193 g/mol. The van der Waals surface area contributed by atoms with Crippen molar-refractivity contribution in [2.45, 2.75) is 26.3 Å². The Kier molecular flexibility index (Phi) is 3.47. The Morgan fingerprint density at radius 3 is 2.50 bits per heavy atom. The van der Waals surface area contributed by atoms with Gasteiger partial charge in [-0.1, -0.05) is 13.0 Å². The highest BCUT2D eigenvalue weighted by Crippen LogP contribution is 2.19. The molecule has 0 amide bonds. The van der Waals surface area contributed by atoms with Crippen molar-refractivity contribution in [3.63, 3.8) is 0 Å². The van der Waals surface area contributed by atoms with Crippen LogP contribution in [0.1, 0.15) is 30.6 Å². The molecule has 1 rings (SSSR count). The number of aromatic nitrogens is 1. The highest BCUT2D eigenvalue weighted by Gasteiger charge is 2.08. The van der Waals surface area contributed by atoms with E-state index in [9.17, 15) is 0 Å². The third-order valence-corrected chi connectivity index (χ3v) is 2.41. The average Bonchev–Trinajstić information content (AvgIpc) is 2.16. The van der Waals surface area contributed by atoms with Crippen LogP contribution in [0.2, 0.25) is 0 Å². The fourth-order valence-electron chi connectivity index (χ4n) is 1.42. The lowest BCUT2D eigenvalue weighted by molar-refractivity contribution is 0.688. The summed E-state index contributed by atoms with van der Waals surface area (Å²) in [6, 6.07) is 4.20. The molecule has 0 aliphatic heterocycles. The number of anilines is 1. The minimum atomic E-state index is 0.110. The molecule has 3 nitrogen and oxygen atoms in total. The zero-order valence-corrected chi connectivity index (χ0v) is 9.41. The van der Waals surface area contributed by atoms with Crippen LogP contribution in [-0.2, 0) is 0 Å². The van der Waals surface area contributed by atoms with E-state index in [0.29, 0.717) is 0 Å². The Hall–Kier alpha value is -1.09. The molecule has 0 saturated heterocycles. The standard InChI is InChI=1S/C11H19N3/c1-5-10(12)9-6-7-11(14(3)4)13-8(9)2/h6-7,10H,5,12H2,1-4H3/t10-/m1/s1. The van der Waals surface area contributed by atoms with Crippen molar-refractivity contribution in [2.75, 3.05) is 19.0 Å². The van der Waals surface area contributed by atoms with E-state index in [0.717, 1.165) is 23.5 Å². The molecule has 2 N–H and O–H groups in total. The van der Waals surface area contributed by atoms with Crippen LogP contribution in [0.25, 0.3) is 0 Å². The molecule has 1 atom stereocenters. The molecule has 0 fully saturated rings. The van der Waals surface area contributed by atoms with Crippen LogP contribution in [0, 0.1) is 6.92 Å². The van der Waals surface area contributed by atoms with E-state index in [4.69, 9.17) is 5.73 Å². The zero-order chi connectivity index (χ0) is 10.7. The van der Waals surface area contributed by atoms with Crippen LogP contribution in [0.15, 0.2) is 12.1 Å². The third kappa shape index (κ3) is 2.23. The van der Waals surface area contributed by atoms with Crippen LogP contribution in [0.4, 0.5) is 5.82 Å². The fraction of sp³-hybridized carbons (Fsp3) is 0.545. The normalized spacial score (nSPS) is 12.6. The van der Waals surface area contributed by atoms with Gasteiger partial charge in [0.2, 0.25) is 0 Å². The van der Waals surface area contributed by atoms with Crippen molar-refractivity contribution in [1.29, 1.82) is 0 Å². The SMILES string of the molecule is CC[C@@H](N)c1ccc(N(C)C)nc1C.